The number of carbonyl (C=O) groups is 1. The van der Waals surface area contributed by atoms with Gasteiger partial charge in [0.25, 0.3) is 0 Å². The van der Waals surface area contributed by atoms with E-state index < -0.39 is 31.8 Å². The maximum Gasteiger partial charge on any atom is 0.416 e. The molecule has 0 spiro atoms. The van der Waals surface area contributed by atoms with Gasteiger partial charge in [0.2, 0.25) is 26.5 Å². The molecule has 0 aromatic heterocycles. The van der Waals surface area contributed by atoms with Crippen molar-refractivity contribution in [2.24, 2.45) is 0 Å². The molecule has 8 nitrogen and oxygen atoms in total. The largest absolute Gasteiger partial charge is 0.416 e. The van der Waals surface area contributed by atoms with Crippen LogP contribution in [-0.2, 0) is 31.0 Å². The first-order valence-electron chi connectivity index (χ1n) is 12.2. The summed E-state index contributed by atoms with van der Waals surface area (Å²) in [4.78, 5) is 12.6. The van der Waals surface area contributed by atoms with E-state index in [4.69, 9.17) is 0 Å². The van der Waals surface area contributed by atoms with Crippen LogP contribution < -0.4 is 4.72 Å². The van der Waals surface area contributed by atoms with Crippen LogP contribution in [0.5, 0.6) is 0 Å². The van der Waals surface area contributed by atoms with E-state index in [1.165, 1.54) is 10.6 Å². The highest BCUT2D eigenvalue weighted by atomic mass is 32.2. The number of alkyl halides is 3. The second kappa shape index (κ2) is 12.6. The summed E-state index contributed by atoms with van der Waals surface area (Å²) in [5.74, 6) is 0. The smallest absolute Gasteiger partial charge is 0.336 e. The zero-order chi connectivity index (χ0) is 28.0. The van der Waals surface area contributed by atoms with Gasteiger partial charge in [-0.3, -0.25) is 4.79 Å². The number of rotatable bonds is 6. The third kappa shape index (κ3) is 8.26. The first kappa shape index (κ1) is 30.1. The van der Waals surface area contributed by atoms with Gasteiger partial charge in [-0.2, -0.15) is 17.5 Å². The highest BCUT2D eigenvalue weighted by molar-refractivity contribution is 7.89. The number of sulfonamides is 2. The molecule has 0 unspecified atom stereocenters. The monoisotopic (exact) mass is 575 g/mol. The minimum Gasteiger partial charge on any atom is -0.336 e. The topological polar surface area (TPSA) is 104 Å². The van der Waals surface area contributed by atoms with Crippen LogP contribution in [0.4, 0.5) is 13.2 Å². The molecule has 1 atom stereocenters. The number of benzene rings is 2. The van der Waals surface area contributed by atoms with Gasteiger partial charge in [0.15, 0.2) is 0 Å². The molecule has 1 saturated carbocycles. The number of hydrogen-bond donors (Lipinski definition) is 1. The third-order valence-electron chi connectivity index (χ3n) is 6.59. The lowest BCUT2D eigenvalue weighted by Gasteiger charge is -2.38. The van der Waals surface area contributed by atoms with Gasteiger partial charge in [0, 0.05) is 25.7 Å². The predicted molar refractivity (Wildman–Crippen MR) is 137 cm³/mol. The summed E-state index contributed by atoms with van der Waals surface area (Å²) in [6, 6.07) is 12.7. The first-order valence-corrected chi connectivity index (χ1v) is 15.5. The summed E-state index contributed by atoms with van der Waals surface area (Å²) in [7, 11) is -6.95. The summed E-state index contributed by atoms with van der Waals surface area (Å²) in [5.41, 5.74) is 0.104. The van der Waals surface area contributed by atoms with Crippen LogP contribution in [-0.4, -0.2) is 64.4 Å². The molecule has 2 aromatic carbocycles. The Kier molecular flexibility index (Phi) is 9.96. The molecule has 1 saturated heterocycles. The number of hydrogen-bond acceptors (Lipinski definition) is 5. The molecule has 13 heteroatoms. The second-order valence-corrected chi connectivity index (χ2v) is 13.1. The van der Waals surface area contributed by atoms with E-state index in [9.17, 15) is 34.8 Å². The first-order chi connectivity index (χ1) is 17.8. The van der Waals surface area contributed by atoms with Gasteiger partial charge in [-0.15, -0.1) is 0 Å². The maximum absolute atomic E-state index is 12.4. The quantitative estimate of drug-likeness (QED) is 0.528. The van der Waals surface area contributed by atoms with Crippen LogP contribution in [0.2, 0.25) is 0 Å². The van der Waals surface area contributed by atoms with Gasteiger partial charge in [-0.05, 0) is 42.7 Å². The Labute approximate surface area is 221 Å². The lowest BCUT2D eigenvalue weighted by atomic mass is 9.96. The number of carbonyl (C=O) groups excluding carboxylic acids is 1. The molecule has 1 aliphatic carbocycles. The Morgan fingerprint density at radius 3 is 2.03 bits per heavy atom. The SMILES string of the molecule is CS(=O)(=O)N1CCN(C=O)[C@@H](c2ccccc2)C1.O=S(=O)(NC1CCCCC1)c1ccc(C(F)(F)F)cc1. The van der Waals surface area contributed by atoms with E-state index in [1.807, 2.05) is 30.3 Å². The molecule has 38 heavy (non-hydrogen) atoms. The molecule has 1 heterocycles. The lowest BCUT2D eigenvalue weighted by Crippen LogP contribution is -2.49. The Balaban J connectivity index is 0.000000212. The summed E-state index contributed by atoms with van der Waals surface area (Å²) in [6.07, 6.45) is 2.13. The summed E-state index contributed by atoms with van der Waals surface area (Å²) in [6.45, 7) is 1.11. The van der Waals surface area contributed by atoms with Crippen LogP contribution in [0.15, 0.2) is 59.5 Å². The van der Waals surface area contributed by atoms with Crippen molar-refractivity contribution in [2.75, 3.05) is 25.9 Å². The second-order valence-electron chi connectivity index (χ2n) is 9.37. The summed E-state index contributed by atoms with van der Waals surface area (Å²) >= 11 is 0. The van der Waals surface area contributed by atoms with Crippen LogP contribution in [0.1, 0.15) is 49.3 Å². The molecule has 1 amide bonds. The number of nitrogens with zero attached hydrogens (tertiary/aromatic N) is 2. The normalized spacial score (nSPS) is 19.9. The zero-order valence-corrected chi connectivity index (χ0v) is 22.6. The van der Waals surface area contributed by atoms with Crippen molar-refractivity contribution >= 4 is 26.5 Å². The summed E-state index contributed by atoms with van der Waals surface area (Å²) in [5, 5.41) is 0. The Hall–Kier alpha value is -2.48. The number of halogens is 3. The van der Waals surface area contributed by atoms with Gasteiger partial charge >= 0.3 is 6.18 Å². The van der Waals surface area contributed by atoms with E-state index in [0.29, 0.717) is 19.6 Å². The average molecular weight is 576 g/mol. The zero-order valence-electron chi connectivity index (χ0n) is 21.0. The minimum atomic E-state index is -4.46. The Bertz CT molecular complexity index is 1270. The molecular weight excluding hydrogens is 543 g/mol. The fourth-order valence-corrected chi connectivity index (χ4v) is 6.63. The Morgan fingerprint density at radius 2 is 1.50 bits per heavy atom. The van der Waals surface area contributed by atoms with E-state index >= 15 is 0 Å². The van der Waals surface area contributed by atoms with Crippen molar-refractivity contribution < 1.29 is 34.8 Å². The minimum absolute atomic E-state index is 0.115. The molecule has 0 bridgehead atoms. The molecule has 210 valence electrons. The summed E-state index contributed by atoms with van der Waals surface area (Å²) < 4.78 is 88.5. The van der Waals surface area contributed by atoms with Crippen molar-refractivity contribution in [1.82, 2.24) is 13.9 Å². The molecular formula is C25H32F3N3O5S2. The number of piperazine rings is 1. The van der Waals surface area contributed by atoms with Crippen molar-refractivity contribution in [2.45, 2.75) is 55.3 Å². The molecule has 2 aromatic rings. The highest BCUT2D eigenvalue weighted by Crippen LogP contribution is 2.30. The van der Waals surface area contributed by atoms with Gasteiger partial charge in [0.1, 0.15) is 0 Å². The van der Waals surface area contributed by atoms with E-state index in [-0.39, 0.29) is 17.0 Å². The van der Waals surface area contributed by atoms with Gasteiger partial charge in [0.05, 0.1) is 22.8 Å². The predicted octanol–water partition coefficient (Wildman–Crippen LogP) is 3.78. The average Bonchev–Trinajstić information content (AvgIpc) is 2.88. The van der Waals surface area contributed by atoms with Crippen LogP contribution in [0.3, 0.4) is 0 Å². The van der Waals surface area contributed by atoms with Crippen molar-refractivity contribution in [3.63, 3.8) is 0 Å². The molecule has 4 rings (SSSR count). The Morgan fingerprint density at radius 1 is 0.895 bits per heavy atom. The van der Waals surface area contributed by atoms with Crippen molar-refractivity contribution in [3.05, 3.63) is 65.7 Å². The molecule has 0 radical (unpaired) electrons. The van der Waals surface area contributed by atoms with E-state index in [2.05, 4.69) is 4.72 Å². The van der Waals surface area contributed by atoms with Crippen molar-refractivity contribution in [1.29, 1.82) is 0 Å². The molecule has 2 aliphatic rings. The van der Waals surface area contributed by atoms with E-state index in [1.54, 1.807) is 4.90 Å². The van der Waals surface area contributed by atoms with Gasteiger partial charge in [-0.25, -0.2) is 21.6 Å². The lowest BCUT2D eigenvalue weighted by molar-refractivity contribution is -0.137. The van der Waals surface area contributed by atoms with Gasteiger partial charge in [-0.1, -0.05) is 49.6 Å². The maximum atomic E-state index is 12.4. The number of nitrogens with one attached hydrogen (secondary N) is 1. The third-order valence-corrected chi connectivity index (χ3v) is 9.40. The van der Waals surface area contributed by atoms with Crippen LogP contribution in [0, 0.1) is 0 Å². The van der Waals surface area contributed by atoms with Crippen LogP contribution >= 0.6 is 0 Å². The van der Waals surface area contributed by atoms with Gasteiger partial charge < -0.3 is 4.90 Å². The van der Waals surface area contributed by atoms with Crippen molar-refractivity contribution in [3.8, 4) is 0 Å². The van der Waals surface area contributed by atoms with E-state index in [0.717, 1.165) is 68.3 Å². The highest BCUT2D eigenvalue weighted by Gasteiger charge is 2.32. The molecule has 1 N–H and O–H groups in total. The fraction of sp³-hybridized carbons (Fsp3) is 0.480. The molecule has 1 aliphatic heterocycles. The van der Waals surface area contributed by atoms with Crippen LogP contribution in [0.25, 0.3) is 0 Å². The number of amides is 1. The fourth-order valence-electron chi connectivity index (χ4n) is 4.50. The molecule has 2 fully saturated rings. The standard InChI is InChI=1S/C13H16F3NO2S.C12H16N2O3S/c14-13(15,16)10-6-8-12(9-7-10)20(18,19)17-11-4-2-1-3-5-11;1-18(16,17)14-8-7-13(10-15)12(9-14)11-5-3-2-4-6-11/h6-9,11,17H,1-5H2;2-6,10,12H,7-9H2,1H3/t;12-/m.1/s1.